The second-order valence-electron chi connectivity index (χ2n) is 14.2. The Morgan fingerprint density at radius 3 is 1.59 bits per heavy atom. The number of benzene rings is 8. The minimum Gasteiger partial charge on any atom is -0.454 e. The van der Waals surface area contributed by atoms with Gasteiger partial charge in [-0.2, -0.15) is 0 Å². The third-order valence-corrected chi connectivity index (χ3v) is 10.7. The highest BCUT2D eigenvalue weighted by Gasteiger charge is 2.24. The standard InChI is InChI=1S/C52H33N5O/c1-5-16-34(17-6-1)35-28-30-38(31-29-35)50-54-49(37-20-9-3-10-21-37)55-51(56-50)42-25-15-24-41-46-40(36-18-7-2-8-19-36)32-33-43(48(46)58-47(41)42)52-53-44-26-13-14-27-45(44)57(52)39-22-11-4-12-23-39/h1-33H. The van der Waals surface area contributed by atoms with Crippen LogP contribution in [0.15, 0.2) is 205 Å². The summed E-state index contributed by atoms with van der Waals surface area (Å²) >= 11 is 0. The van der Waals surface area contributed by atoms with E-state index in [2.05, 4.69) is 144 Å². The van der Waals surface area contributed by atoms with Crippen molar-refractivity contribution in [3.05, 3.63) is 200 Å². The van der Waals surface area contributed by atoms with Gasteiger partial charge in [0.15, 0.2) is 17.5 Å². The molecule has 8 aromatic carbocycles. The van der Waals surface area contributed by atoms with Gasteiger partial charge in [0.25, 0.3) is 0 Å². The van der Waals surface area contributed by atoms with Gasteiger partial charge in [-0.25, -0.2) is 19.9 Å². The van der Waals surface area contributed by atoms with Crippen LogP contribution in [-0.2, 0) is 0 Å². The van der Waals surface area contributed by atoms with Crippen molar-refractivity contribution in [2.75, 3.05) is 0 Å². The number of nitrogens with zero attached hydrogens (tertiary/aromatic N) is 5. The van der Waals surface area contributed by atoms with Gasteiger partial charge >= 0.3 is 0 Å². The Morgan fingerprint density at radius 2 is 0.879 bits per heavy atom. The molecule has 6 nitrogen and oxygen atoms in total. The fourth-order valence-corrected chi connectivity index (χ4v) is 7.94. The number of hydrogen-bond donors (Lipinski definition) is 0. The van der Waals surface area contributed by atoms with Crippen LogP contribution >= 0.6 is 0 Å². The molecule has 0 saturated heterocycles. The van der Waals surface area contributed by atoms with Crippen molar-refractivity contribution in [3.63, 3.8) is 0 Å². The lowest BCUT2D eigenvalue weighted by molar-refractivity contribution is 0.670. The Hall–Kier alpha value is -7.96. The van der Waals surface area contributed by atoms with E-state index < -0.39 is 0 Å². The van der Waals surface area contributed by atoms with Crippen molar-refractivity contribution in [2.45, 2.75) is 0 Å². The molecule has 0 spiro atoms. The lowest BCUT2D eigenvalue weighted by Crippen LogP contribution is -2.00. The average Bonchev–Trinajstić information content (AvgIpc) is 3.90. The molecule has 6 heteroatoms. The monoisotopic (exact) mass is 743 g/mol. The molecule has 0 radical (unpaired) electrons. The van der Waals surface area contributed by atoms with E-state index in [1.807, 2.05) is 60.7 Å². The minimum absolute atomic E-state index is 0.528. The minimum atomic E-state index is 0.528. The first kappa shape index (κ1) is 33.4. The fraction of sp³-hybridized carbons (Fsp3) is 0. The zero-order valence-electron chi connectivity index (χ0n) is 31.2. The molecular weight excluding hydrogens is 711 g/mol. The van der Waals surface area contributed by atoms with Gasteiger partial charge in [0.1, 0.15) is 17.0 Å². The summed E-state index contributed by atoms with van der Waals surface area (Å²) in [5.74, 6) is 2.49. The van der Waals surface area contributed by atoms with Crippen molar-refractivity contribution in [2.24, 2.45) is 0 Å². The van der Waals surface area contributed by atoms with E-state index in [0.29, 0.717) is 23.1 Å². The molecule has 0 aliphatic rings. The van der Waals surface area contributed by atoms with Gasteiger partial charge in [-0.3, -0.25) is 4.57 Å². The predicted molar refractivity (Wildman–Crippen MR) is 234 cm³/mol. The highest BCUT2D eigenvalue weighted by Crippen LogP contribution is 2.45. The second-order valence-corrected chi connectivity index (χ2v) is 14.2. The predicted octanol–water partition coefficient (Wildman–Crippen LogP) is 13.1. The third kappa shape index (κ3) is 5.74. The molecule has 0 atom stereocenters. The molecule has 0 bridgehead atoms. The number of furan rings is 1. The average molecular weight is 744 g/mol. The molecule has 0 fully saturated rings. The molecule has 3 heterocycles. The first-order valence-electron chi connectivity index (χ1n) is 19.3. The molecule has 58 heavy (non-hydrogen) atoms. The van der Waals surface area contributed by atoms with Crippen LogP contribution < -0.4 is 0 Å². The Balaban J connectivity index is 1.16. The van der Waals surface area contributed by atoms with Crippen LogP contribution in [0.4, 0.5) is 0 Å². The van der Waals surface area contributed by atoms with Gasteiger partial charge in [0, 0.05) is 27.6 Å². The van der Waals surface area contributed by atoms with Crippen LogP contribution in [0.25, 0.3) is 106 Å². The number of fused-ring (bicyclic) bond motifs is 4. The highest BCUT2D eigenvalue weighted by molar-refractivity contribution is 6.18. The molecule has 272 valence electrons. The summed E-state index contributed by atoms with van der Waals surface area (Å²) in [7, 11) is 0. The first-order chi connectivity index (χ1) is 28.8. The Kier molecular flexibility index (Phi) is 8.04. The first-order valence-corrected chi connectivity index (χ1v) is 19.3. The van der Waals surface area contributed by atoms with Gasteiger partial charge in [0.05, 0.1) is 22.2 Å². The number of para-hydroxylation sites is 4. The molecule has 0 N–H and O–H groups in total. The molecule has 0 amide bonds. The van der Waals surface area contributed by atoms with Gasteiger partial charge in [-0.15, -0.1) is 0 Å². The van der Waals surface area contributed by atoms with Crippen LogP contribution in [0.1, 0.15) is 0 Å². The van der Waals surface area contributed by atoms with Crippen molar-refractivity contribution in [1.29, 1.82) is 0 Å². The highest BCUT2D eigenvalue weighted by atomic mass is 16.3. The summed E-state index contributed by atoms with van der Waals surface area (Å²) in [6, 6.07) is 68.5. The summed E-state index contributed by atoms with van der Waals surface area (Å²) in [5.41, 5.74) is 12.3. The Labute approximate surface area is 334 Å². The van der Waals surface area contributed by atoms with Crippen molar-refractivity contribution in [1.82, 2.24) is 24.5 Å². The van der Waals surface area contributed by atoms with E-state index >= 15 is 0 Å². The van der Waals surface area contributed by atoms with E-state index in [0.717, 1.165) is 83.4 Å². The SMILES string of the molecule is c1ccc(-c2ccc(-c3nc(-c4ccccc4)nc(-c4cccc5c4oc4c(-c6nc7ccccc7n6-c6ccccc6)ccc(-c6ccccc6)c45)n3)cc2)cc1. The topological polar surface area (TPSA) is 69.6 Å². The van der Waals surface area contributed by atoms with E-state index in [9.17, 15) is 0 Å². The molecular formula is C52H33N5O. The Morgan fingerprint density at radius 1 is 0.345 bits per heavy atom. The number of rotatable bonds is 7. The summed E-state index contributed by atoms with van der Waals surface area (Å²) in [6.07, 6.45) is 0. The second kappa shape index (κ2) is 14.0. The summed E-state index contributed by atoms with van der Waals surface area (Å²) in [5, 5.41) is 1.97. The van der Waals surface area contributed by atoms with Gasteiger partial charge < -0.3 is 4.42 Å². The summed E-state index contributed by atoms with van der Waals surface area (Å²) in [4.78, 5) is 20.6. The van der Waals surface area contributed by atoms with Crippen LogP contribution in [0.5, 0.6) is 0 Å². The smallest absolute Gasteiger partial charge is 0.167 e. The summed E-state index contributed by atoms with van der Waals surface area (Å²) in [6.45, 7) is 0. The van der Waals surface area contributed by atoms with E-state index in [4.69, 9.17) is 24.4 Å². The summed E-state index contributed by atoms with van der Waals surface area (Å²) < 4.78 is 9.39. The molecule has 0 saturated carbocycles. The van der Waals surface area contributed by atoms with E-state index in [1.54, 1.807) is 0 Å². The van der Waals surface area contributed by atoms with Crippen LogP contribution in [0.2, 0.25) is 0 Å². The van der Waals surface area contributed by atoms with Crippen molar-refractivity contribution >= 4 is 33.0 Å². The third-order valence-electron chi connectivity index (χ3n) is 10.7. The van der Waals surface area contributed by atoms with Crippen LogP contribution in [-0.4, -0.2) is 24.5 Å². The maximum atomic E-state index is 7.17. The molecule has 11 aromatic rings. The van der Waals surface area contributed by atoms with E-state index in [1.165, 1.54) is 0 Å². The van der Waals surface area contributed by atoms with Crippen molar-refractivity contribution < 1.29 is 4.42 Å². The van der Waals surface area contributed by atoms with Crippen molar-refractivity contribution in [3.8, 4) is 73.5 Å². The quantitative estimate of drug-likeness (QED) is 0.163. The molecule has 0 aliphatic carbocycles. The normalized spacial score (nSPS) is 11.4. The Bertz CT molecular complexity index is 3250. The largest absolute Gasteiger partial charge is 0.454 e. The zero-order valence-corrected chi connectivity index (χ0v) is 31.2. The molecule has 0 unspecified atom stereocenters. The van der Waals surface area contributed by atoms with Gasteiger partial charge in [-0.05, 0) is 58.7 Å². The number of imidazole rings is 1. The molecule has 3 aromatic heterocycles. The van der Waals surface area contributed by atoms with E-state index in [-0.39, 0.29) is 0 Å². The maximum absolute atomic E-state index is 7.17. The lowest BCUT2D eigenvalue weighted by Gasteiger charge is -2.11. The number of hydrogen-bond acceptors (Lipinski definition) is 5. The zero-order chi connectivity index (χ0) is 38.4. The lowest BCUT2D eigenvalue weighted by atomic mass is 9.96. The van der Waals surface area contributed by atoms with Gasteiger partial charge in [0.2, 0.25) is 0 Å². The number of aromatic nitrogens is 5. The van der Waals surface area contributed by atoms with Crippen LogP contribution in [0, 0.1) is 0 Å². The van der Waals surface area contributed by atoms with Gasteiger partial charge in [-0.1, -0.05) is 164 Å². The molecule has 0 aliphatic heterocycles. The van der Waals surface area contributed by atoms with Crippen LogP contribution in [0.3, 0.4) is 0 Å². The molecule has 11 rings (SSSR count). The maximum Gasteiger partial charge on any atom is 0.167 e. The fourth-order valence-electron chi connectivity index (χ4n) is 7.94.